The lowest BCUT2D eigenvalue weighted by molar-refractivity contribution is -0.117. The Bertz CT molecular complexity index is 506. The maximum absolute atomic E-state index is 11.6. The number of phenols is 1. The first-order chi connectivity index (χ1) is 9.08. The summed E-state index contributed by atoms with van der Waals surface area (Å²) >= 11 is 5.46. The van der Waals surface area contributed by atoms with Crippen LogP contribution in [0.3, 0.4) is 0 Å². The van der Waals surface area contributed by atoms with Crippen LogP contribution in [0.15, 0.2) is 36.0 Å². The molecule has 0 fully saturated rings. The molecule has 0 spiro atoms. The molecule has 0 saturated heterocycles. The number of rotatable bonds is 5. The molecule has 0 aliphatic rings. The topological polar surface area (TPSA) is 76.4 Å². The van der Waals surface area contributed by atoms with Crippen molar-refractivity contribution in [1.82, 2.24) is 5.32 Å². The van der Waals surface area contributed by atoms with Crippen LogP contribution in [-0.2, 0) is 4.79 Å². The fourth-order valence-corrected chi connectivity index (χ4v) is 1.44. The molecule has 5 nitrogen and oxygen atoms in total. The van der Waals surface area contributed by atoms with E-state index in [0.717, 1.165) is 5.69 Å². The molecule has 0 heterocycles. The lowest BCUT2D eigenvalue weighted by Crippen LogP contribution is -2.27. The number of hydrogen-bond donors (Lipinski definition) is 2. The van der Waals surface area contributed by atoms with Crippen molar-refractivity contribution in [3.8, 4) is 11.8 Å². The van der Waals surface area contributed by atoms with Gasteiger partial charge in [-0.15, -0.1) is 11.6 Å². The Hall–Kier alpha value is -2.19. The summed E-state index contributed by atoms with van der Waals surface area (Å²) in [5.74, 6) is -0.0200. The Morgan fingerprint density at radius 3 is 2.68 bits per heavy atom. The van der Waals surface area contributed by atoms with Gasteiger partial charge in [-0.25, -0.2) is 0 Å². The fraction of sp³-hybridized carbons (Fsp3) is 0.231. The van der Waals surface area contributed by atoms with Gasteiger partial charge in [0.05, 0.1) is 0 Å². The molecule has 0 aliphatic heterocycles. The molecule has 0 aliphatic carbocycles. The zero-order chi connectivity index (χ0) is 14.3. The van der Waals surface area contributed by atoms with E-state index in [1.54, 1.807) is 24.1 Å². The molecule has 1 aromatic rings. The average Bonchev–Trinajstić information content (AvgIpc) is 2.42. The lowest BCUT2D eigenvalue weighted by Gasteiger charge is -2.14. The summed E-state index contributed by atoms with van der Waals surface area (Å²) in [6, 6.07) is 8.25. The van der Waals surface area contributed by atoms with E-state index in [1.165, 1.54) is 18.3 Å². The SMILES string of the molecule is CN(/C=C(/C#N)C(=O)NCCCl)c1ccc(O)cc1. The number of aromatic hydroxyl groups is 1. The van der Waals surface area contributed by atoms with Gasteiger partial charge >= 0.3 is 0 Å². The third kappa shape index (κ3) is 4.53. The Balaban J connectivity index is 2.83. The number of nitrogens with one attached hydrogen (secondary N) is 1. The summed E-state index contributed by atoms with van der Waals surface area (Å²) < 4.78 is 0. The normalized spacial score (nSPS) is 10.7. The van der Waals surface area contributed by atoms with Crippen LogP contribution in [0.1, 0.15) is 0 Å². The zero-order valence-electron chi connectivity index (χ0n) is 10.4. The van der Waals surface area contributed by atoms with Crippen LogP contribution < -0.4 is 10.2 Å². The van der Waals surface area contributed by atoms with Crippen molar-refractivity contribution in [3.05, 3.63) is 36.0 Å². The Labute approximate surface area is 116 Å². The molecule has 0 radical (unpaired) electrons. The van der Waals surface area contributed by atoms with E-state index in [1.807, 2.05) is 6.07 Å². The van der Waals surface area contributed by atoms with Gasteiger partial charge in [0.25, 0.3) is 5.91 Å². The standard InChI is InChI=1S/C13H14ClN3O2/c1-17(11-2-4-12(18)5-3-11)9-10(8-15)13(19)16-7-6-14/h2-5,9,18H,6-7H2,1H3,(H,16,19)/b10-9-. The molecule has 1 amide bonds. The van der Waals surface area contributed by atoms with E-state index in [2.05, 4.69) is 5.32 Å². The number of hydrogen-bond acceptors (Lipinski definition) is 4. The van der Waals surface area contributed by atoms with Crippen molar-refractivity contribution in [3.63, 3.8) is 0 Å². The average molecular weight is 280 g/mol. The van der Waals surface area contributed by atoms with E-state index >= 15 is 0 Å². The van der Waals surface area contributed by atoms with E-state index in [9.17, 15) is 9.90 Å². The first-order valence-electron chi connectivity index (χ1n) is 5.56. The summed E-state index contributed by atoms with van der Waals surface area (Å²) in [6.45, 7) is 0.308. The van der Waals surface area contributed by atoms with Crippen molar-refractivity contribution < 1.29 is 9.90 Å². The Morgan fingerprint density at radius 1 is 1.53 bits per heavy atom. The smallest absolute Gasteiger partial charge is 0.263 e. The second-order valence-corrected chi connectivity index (χ2v) is 4.10. The van der Waals surface area contributed by atoms with Crippen LogP contribution in [0.5, 0.6) is 5.75 Å². The largest absolute Gasteiger partial charge is 0.508 e. The number of halogens is 1. The number of carbonyl (C=O) groups excluding carboxylic acids is 1. The van der Waals surface area contributed by atoms with Crippen LogP contribution >= 0.6 is 11.6 Å². The number of nitrogens with zero attached hydrogens (tertiary/aromatic N) is 2. The van der Waals surface area contributed by atoms with Crippen LogP contribution in [0.4, 0.5) is 5.69 Å². The molecule has 0 atom stereocenters. The molecule has 0 bridgehead atoms. The molecule has 0 aromatic heterocycles. The summed E-state index contributed by atoms with van der Waals surface area (Å²) in [5.41, 5.74) is 0.733. The molecule has 0 unspecified atom stereocenters. The number of anilines is 1. The third-order valence-corrected chi connectivity index (χ3v) is 2.51. The molecule has 1 rings (SSSR count). The molecule has 6 heteroatoms. The molecule has 0 saturated carbocycles. The van der Waals surface area contributed by atoms with E-state index in [-0.39, 0.29) is 17.2 Å². The van der Waals surface area contributed by atoms with Crippen LogP contribution in [0, 0.1) is 11.3 Å². The first-order valence-corrected chi connectivity index (χ1v) is 6.10. The minimum absolute atomic E-state index is 0.0132. The minimum atomic E-state index is -0.464. The molecule has 19 heavy (non-hydrogen) atoms. The predicted octanol–water partition coefficient (Wildman–Crippen LogP) is 1.59. The van der Waals surface area contributed by atoms with Gasteiger partial charge in [0.2, 0.25) is 0 Å². The van der Waals surface area contributed by atoms with Gasteiger partial charge in [0.15, 0.2) is 0 Å². The number of nitriles is 1. The third-order valence-electron chi connectivity index (χ3n) is 2.32. The van der Waals surface area contributed by atoms with E-state index < -0.39 is 5.91 Å². The van der Waals surface area contributed by atoms with Crippen molar-refractivity contribution in [1.29, 1.82) is 5.26 Å². The van der Waals surface area contributed by atoms with Gasteiger partial charge in [-0.2, -0.15) is 5.26 Å². The summed E-state index contributed by atoms with van der Waals surface area (Å²) in [6.07, 6.45) is 1.43. The van der Waals surface area contributed by atoms with Gasteiger partial charge in [0, 0.05) is 31.4 Å². The fourth-order valence-electron chi connectivity index (χ4n) is 1.35. The van der Waals surface area contributed by atoms with Gasteiger partial charge < -0.3 is 15.3 Å². The summed E-state index contributed by atoms with van der Waals surface area (Å²) in [5, 5.41) is 20.7. The van der Waals surface area contributed by atoms with Gasteiger partial charge in [-0.3, -0.25) is 4.79 Å². The molecule has 1 aromatic carbocycles. The highest BCUT2D eigenvalue weighted by atomic mass is 35.5. The number of benzene rings is 1. The van der Waals surface area contributed by atoms with Crippen molar-refractivity contribution in [2.24, 2.45) is 0 Å². The molecular weight excluding hydrogens is 266 g/mol. The monoisotopic (exact) mass is 279 g/mol. The predicted molar refractivity (Wildman–Crippen MR) is 73.9 cm³/mol. The van der Waals surface area contributed by atoms with Crippen molar-refractivity contribution >= 4 is 23.2 Å². The number of phenolic OH excluding ortho intramolecular Hbond substituents is 1. The minimum Gasteiger partial charge on any atom is -0.508 e. The van der Waals surface area contributed by atoms with Crippen LogP contribution in [-0.4, -0.2) is 30.5 Å². The molecular formula is C13H14ClN3O2. The number of carbonyl (C=O) groups is 1. The lowest BCUT2D eigenvalue weighted by atomic mass is 10.2. The second kappa shape index (κ2) is 7.29. The highest BCUT2D eigenvalue weighted by Crippen LogP contribution is 2.17. The Morgan fingerprint density at radius 2 is 2.16 bits per heavy atom. The van der Waals surface area contributed by atoms with E-state index in [4.69, 9.17) is 16.9 Å². The van der Waals surface area contributed by atoms with E-state index in [0.29, 0.717) is 6.54 Å². The first kappa shape index (κ1) is 14.9. The highest BCUT2D eigenvalue weighted by molar-refractivity contribution is 6.18. The number of alkyl halides is 1. The van der Waals surface area contributed by atoms with Gasteiger partial charge in [-0.1, -0.05) is 0 Å². The zero-order valence-corrected chi connectivity index (χ0v) is 11.2. The van der Waals surface area contributed by atoms with Crippen LogP contribution in [0.25, 0.3) is 0 Å². The molecule has 100 valence electrons. The number of amides is 1. The quantitative estimate of drug-likeness (QED) is 0.487. The maximum atomic E-state index is 11.6. The maximum Gasteiger partial charge on any atom is 0.263 e. The Kier molecular flexibility index (Phi) is 5.71. The summed E-state index contributed by atoms with van der Waals surface area (Å²) in [7, 11) is 1.71. The van der Waals surface area contributed by atoms with Crippen LogP contribution in [0.2, 0.25) is 0 Å². The highest BCUT2D eigenvalue weighted by Gasteiger charge is 2.09. The van der Waals surface area contributed by atoms with Gasteiger partial charge in [0.1, 0.15) is 17.4 Å². The summed E-state index contributed by atoms with van der Waals surface area (Å²) in [4.78, 5) is 13.3. The molecule has 2 N–H and O–H groups in total. The van der Waals surface area contributed by atoms with Crippen molar-refractivity contribution in [2.45, 2.75) is 0 Å². The second-order valence-electron chi connectivity index (χ2n) is 3.73. The van der Waals surface area contributed by atoms with Crippen molar-refractivity contribution in [2.75, 3.05) is 24.4 Å². The van der Waals surface area contributed by atoms with Gasteiger partial charge in [-0.05, 0) is 24.3 Å².